The van der Waals surface area contributed by atoms with Gasteiger partial charge in [-0.15, -0.1) is 0 Å². The molecule has 1 aromatic carbocycles. The highest BCUT2D eigenvalue weighted by Gasteiger charge is 2.38. The number of carbonyl (C=O) groups is 2. The van der Waals surface area contributed by atoms with Gasteiger partial charge >= 0.3 is 5.97 Å². The number of amides is 1. The fraction of sp³-hybridized carbons (Fsp3) is 0.333. The Morgan fingerprint density at radius 2 is 2.06 bits per heavy atom. The molecule has 31 heavy (non-hydrogen) atoms. The third-order valence-corrected chi connectivity index (χ3v) is 5.89. The van der Waals surface area contributed by atoms with E-state index in [4.69, 9.17) is 4.74 Å². The lowest BCUT2D eigenvalue weighted by atomic mass is 9.84. The molecule has 5 rings (SSSR count). The Morgan fingerprint density at radius 3 is 2.84 bits per heavy atom. The predicted octanol–water partition coefficient (Wildman–Crippen LogP) is 2.76. The fourth-order valence-corrected chi connectivity index (χ4v) is 4.40. The summed E-state index contributed by atoms with van der Waals surface area (Å²) in [6, 6.07) is 6.65. The Hall–Kier alpha value is -3.66. The first-order chi connectivity index (χ1) is 15.0. The molecule has 0 saturated carbocycles. The molecular weight excluding hydrogens is 400 g/mol. The summed E-state index contributed by atoms with van der Waals surface area (Å²) in [5, 5.41) is 27.7. The highest BCUT2D eigenvalue weighted by atomic mass is 16.5. The number of benzene rings is 1. The molecule has 10 nitrogen and oxygen atoms in total. The van der Waals surface area contributed by atoms with E-state index in [-0.39, 0.29) is 23.6 Å². The van der Waals surface area contributed by atoms with Crippen molar-refractivity contribution in [3.05, 3.63) is 47.4 Å². The standard InChI is InChI=1S/C21H22N6O4/c1-11-18(20(28)24-14-2-3-15-13(8-14)10-22-25-15)19(12-4-6-31-7-5-12)27-17(23-11)9-16(26-27)21(29)30/h2-3,8-10,12,19,23H,4-7H2,1H3,(H,22,25)(H,24,28)(H,29,30). The molecule has 1 unspecified atom stereocenters. The number of fused-ring (bicyclic) bond motifs is 2. The molecule has 4 N–H and O–H groups in total. The number of aromatic nitrogens is 4. The van der Waals surface area contributed by atoms with Gasteiger partial charge in [-0.25, -0.2) is 9.48 Å². The molecule has 1 atom stereocenters. The van der Waals surface area contributed by atoms with Crippen molar-refractivity contribution in [3.8, 4) is 0 Å². The van der Waals surface area contributed by atoms with E-state index >= 15 is 0 Å². The number of nitrogens with zero attached hydrogens (tertiary/aromatic N) is 3. The Morgan fingerprint density at radius 1 is 1.26 bits per heavy atom. The molecule has 0 spiro atoms. The number of rotatable bonds is 4. The van der Waals surface area contributed by atoms with Crippen molar-refractivity contribution in [3.63, 3.8) is 0 Å². The van der Waals surface area contributed by atoms with Crippen LogP contribution in [0.15, 0.2) is 41.7 Å². The number of carboxylic acid groups (broad SMARTS) is 1. The van der Waals surface area contributed by atoms with E-state index in [2.05, 4.69) is 25.9 Å². The van der Waals surface area contributed by atoms with Crippen molar-refractivity contribution >= 4 is 34.3 Å². The number of aromatic amines is 1. The third kappa shape index (κ3) is 3.44. The highest BCUT2D eigenvalue weighted by Crippen LogP contribution is 2.40. The average molecular weight is 422 g/mol. The SMILES string of the molecule is CC1=C(C(=O)Nc2ccc3[nH]ncc3c2)C(C2CCOCC2)n2nc(C(=O)O)cc2N1. The lowest BCUT2D eigenvalue weighted by Crippen LogP contribution is -2.36. The summed E-state index contributed by atoms with van der Waals surface area (Å²) in [6.45, 7) is 3.03. The number of nitrogens with one attached hydrogen (secondary N) is 3. The summed E-state index contributed by atoms with van der Waals surface area (Å²) in [6.07, 6.45) is 3.22. The lowest BCUT2D eigenvalue weighted by Gasteiger charge is -2.36. The summed E-state index contributed by atoms with van der Waals surface area (Å²) < 4.78 is 7.15. The number of anilines is 2. The molecule has 0 aliphatic carbocycles. The maximum Gasteiger partial charge on any atom is 0.356 e. The Kier molecular flexibility index (Phi) is 4.70. The summed E-state index contributed by atoms with van der Waals surface area (Å²) in [4.78, 5) is 24.9. The predicted molar refractivity (Wildman–Crippen MR) is 113 cm³/mol. The van der Waals surface area contributed by atoms with Crippen LogP contribution in [-0.4, -0.2) is 50.2 Å². The van der Waals surface area contributed by atoms with Crippen LogP contribution in [0.25, 0.3) is 10.9 Å². The van der Waals surface area contributed by atoms with Crippen molar-refractivity contribution in [1.29, 1.82) is 0 Å². The van der Waals surface area contributed by atoms with E-state index in [0.29, 0.717) is 36.0 Å². The lowest BCUT2D eigenvalue weighted by molar-refractivity contribution is -0.113. The van der Waals surface area contributed by atoms with Gasteiger partial charge in [0.25, 0.3) is 5.91 Å². The van der Waals surface area contributed by atoms with Crippen LogP contribution in [0.1, 0.15) is 36.3 Å². The monoisotopic (exact) mass is 422 g/mol. The van der Waals surface area contributed by atoms with Gasteiger partial charge < -0.3 is 20.5 Å². The zero-order valence-corrected chi connectivity index (χ0v) is 16.9. The van der Waals surface area contributed by atoms with E-state index in [1.165, 1.54) is 6.07 Å². The Bertz CT molecular complexity index is 1200. The Balaban J connectivity index is 1.51. The minimum absolute atomic E-state index is 0.0561. The molecule has 1 saturated heterocycles. The number of ether oxygens (including phenoxy) is 1. The minimum Gasteiger partial charge on any atom is -0.476 e. The van der Waals surface area contributed by atoms with E-state index in [0.717, 1.165) is 23.7 Å². The van der Waals surface area contributed by atoms with Crippen LogP contribution in [-0.2, 0) is 9.53 Å². The first kappa shape index (κ1) is 19.3. The number of H-pyrrole nitrogens is 1. The van der Waals surface area contributed by atoms with Crippen LogP contribution < -0.4 is 10.6 Å². The largest absolute Gasteiger partial charge is 0.476 e. The summed E-state index contributed by atoms with van der Waals surface area (Å²) in [5.74, 6) is -0.681. The second-order valence-electron chi connectivity index (χ2n) is 7.85. The van der Waals surface area contributed by atoms with Crippen LogP contribution in [0.3, 0.4) is 0 Å². The number of hydrogen-bond acceptors (Lipinski definition) is 6. The average Bonchev–Trinajstić information content (AvgIpc) is 3.39. The van der Waals surface area contributed by atoms with Crippen LogP contribution in [0.4, 0.5) is 11.5 Å². The maximum absolute atomic E-state index is 13.4. The van der Waals surface area contributed by atoms with Crippen molar-refractivity contribution < 1.29 is 19.4 Å². The van der Waals surface area contributed by atoms with Crippen LogP contribution in [0, 0.1) is 5.92 Å². The van der Waals surface area contributed by atoms with Crippen molar-refractivity contribution in [2.45, 2.75) is 25.8 Å². The summed E-state index contributed by atoms with van der Waals surface area (Å²) in [5.41, 5.74) is 2.71. The zero-order valence-electron chi connectivity index (χ0n) is 16.9. The number of allylic oxidation sites excluding steroid dienone is 1. The van der Waals surface area contributed by atoms with Gasteiger partial charge in [0.2, 0.25) is 0 Å². The van der Waals surface area contributed by atoms with Crippen LogP contribution >= 0.6 is 0 Å². The van der Waals surface area contributed by atoms with E-state index in [1.807, 2.05) is 25.1 Å². The van der Waals surface area contributed by atoms with Crippen LogP contribution in [0.5, 0.6) is 0 Å². The molecule has 10 heteroatoms. The van der Waals surface area contributed by atoms with Gasteiger partial charge in [-0.1, -0.05) is 0 Å². The van der Waals surface area contributed by atoms with Gasteiger partial charge in [-0.3, -0.25) is 9.89 Å². The minimum atomic E-state index is -1.11. The van der Waals surface area contributed by atoms with Crippen LogP contribution in [0.2, 0.25) is 0 Å². The molecule has 0 radical (unpaired) electrons. The van der Waals surface area contributed by atoms with Gasteiger partial charge in [0, 0.05) is 36.1 Å². The molecule has 1 fully saturated rings. The van der Waals surface area contributed by atoms with E-state index in [1.54, 1.807) is 10.9 Å². The molecule has 2 aliphatic heterocycles. The number of hydrogen-bond donors (Lipinski definition) is 4. The molecule has 2 aromatic heterocycles. The number of carboxylic acids is 1. The molecule has 1 amide bonds. The molecule has 0 bridgehead atoms. The van der Waals surface area contributed by atoms with Gasteiger partial charge in [-0.05, 0) is 43.9 Å². The topological polar surface area (TPSA) is 134 Å². The number of aromatic carboxylic acids is 1. The van der Waals surface area contributed by atoms with Crippen molar-refractivity contribution in [2.24, 2.45) is 5.92 Å². The Labute approximate surface area is 177 Å². The normalized spacial score (nSPS) is 19.2. The first-order valence-electron chi connectivity index (χ1n) is 10.1. The van der Waals surface area contributed by atoms with E-state index < -0.39 is 5.97 Å². The summed E-state index contributed by atoms with van der Waals surface area (Å²) >= 11 is 0. The van der Waals surface area contributed by atoms with Crippen molar-refractivity contribution in [2.75, 3.05) is 23.8 Å². The smallest absolute Gasteiger partial charge is 0.356 e. The van der Waals surface area contributed by atoms with Gasteiger partial charge in [0.05, 0.1) is 23.3 Å². The molecule has 3 aromatic rings. The molecule has 4 heterocycles. The van der Waals surface area contributed by atoms with Gasteiger partial charge in [-0.2, -0.15) is 10.2 Å². The first-order valence-corrected chi connectivity index (χ1v) is 10.1. The maximum atomic E-state index is 13.4. The third-order valence-electron chi connectivity index (χ3n) is 5.89. The van der Waals surface area contributed by atoms with Crippen molar-refractivity contribution in [1.82, 2.24) is 20.0 Å². The van der Waals surface area contributed by atoms with Gasteiger partial charge in [0.1, 0.15) is 5.82 Å². The summed E-state index contributed by atoms with van der Waals surface area (Å²) in [7, 11) is 0. The molecular formula is C21H22N6O4. The number of carbonyl (C=O) groups excluding carboxylic acids is 1. The van der Waals surface area contributed by atoms with Gasteiger partial charge in [0.15, 0.2) is 5.69 Å². The molecule has 160 valence electrons. The quantitative estimate of drug-likeness (QED) is 0.508. The fourth-order valence-electron chi connectivity index (χ4n) is 4.40. The molecule has 2 aliphatic rings. The highest BCUT2D eigenvalue weighted by molar-refractivity contribution is 6.06. The second kappa shape index (κ2) is 7.55. The second-order valence-corrected chi connectivity index (χ2v) is 7.85. The zero-order chi connectivity index (χ0) is 21.5. The van der Waals surface area contributed by atoms with E-state index in [9.17, 15) is 14.7 Å².